The highest BCUT2D eigenvalue weighted by atomic mass is 32.1. The van der Waals surface area contributed by atoms with Crippen LogP contribution < -0.4 is 10.9 Å². The number of carbonyl (C=O) groups excluding carboxylic acids is 1. The summed E-state index contributed by atoms with van der Waals surface area (Å²) in [6, 6.07) is 18.5. The van der Waals surface area contributed by atoms with Crippen molar-refractivity contribution in [2.24, 2.45) is 0 Å². The number of hydrogen-bond donors (Lipinski definition) is 1. The average molecular weight is 533 g/mol. The van der Waals surface area contributed by atoms with E-state index in [4.69, 9.17) is 0 Å². The predicted octanol–water partition coefficient (Wildman–Crippen LogP) is 5.46. The van der Waals surface area contributed by atoms with Crippen molar-refractivity contribution in [1.29, 1.82) is 0 Å². The average Bonchev–Trinajstić information content (AvgIpc) is 3.59. The van der Waals surface area contributed by atoms with Crippen LogP contribution in [0.3, 0.4) is 0 Å². The maximum Gasteiger partial charge on any atom is 0.263 e. The van der Waals surface area contributed by atoms with E-state index < -0.39 is 6.04 Å². The number of aromatic nitrogens is 5. The van der Waals surface area contributed by atoms with E-state index >= 15 is 0 Å². The number of pyridine rings is 1. The number of nitrogens with zero attached hydrogens (tertiary/aromatic N) is 5. The van der Waals surface area contributed by atoms with Crippen molar-refractivity contribution in [3.8, 4) is 5.69 Å². The summed E-state index contributed by atoms with van der Waals surface area (Å²) in [6.45, 7) is 3.66. The lowest BCUT2D eigenvalue weighted by Gasteiger charge is -2.21. The molecule has 8 nitrogen and oxygen atoms in total. The third kappa shape index (κ3) is 4.53. The van der Waals surface area contributed by atoms with E-state index in [1.807, 2.05) is 73.7 Å². The SMILES string of the molecule is Cc1nn2cccnc2c1C(=O)NC(C)c1cc2cccc(/C=C/c3cncs3)c2c(=O)n1-c1ccccc1. The van der Waals surface area contributed by atoms with Gasteiger partial charge in [0.15, 0.2) is 5.65 Å². The van der Waals surface area contributed by atoms with Crippen molar-refractivity contribution in [1.82, 2.24) is 29.5 Å². The molecule has 4 aromatic heterocycles. The first kappa shape index (κ1) is 24.4. The number of amides is 1. The summed E-state index contributed by atoms with van der Waals surface area (Å²) >= 11 is 1.53. The molecule has 2 aromatic carbocycles. The molecule has 0 bridgehead atoms. The van der Waals surface area contributed by atoms with E-state index in [0.717, 1.165) is 21.5 Å². The van der Waals surface area contributed by atoms with E-state index in [1.165, 1.54) is 11.3 Å². The molecule has 4 heterocycles. The van der Waals surface area contributed by atoms with Gasteiger partial charge in [0, 0.05) is 34.8 Å². The normalized spacial score (nSPS) is 12.4. The first-order chi connectivity index (χ1) is 19.0. The highest BCUT2D eigenvalue weighted by molar-refractivity contribution is 7.10. The molecule has 0 saturated carbocycles. The van der Waals surface area contributed by atoms with E-state index in [9.17, 15) is 9.59 Å². The molecule has 6 aromatic rings. The van der Waals surface area contributed by atoms with Gasteiger partial charge in [0.2, 0.25) is 0 Å². The highest BCUT2D eigenvalue weighted by Gasteiger charge is 2.23. The van der Waals surface area contributed by atoms with E-state index in [-0.39, 0.29) is 11.5 Å². The minimum absolute atomic E-state index is 0.159. The Bertz CT molecular complexity index is 1910. The predicted molar refractivity (Wildman–Crippen MR) is 154 cm³/mol. The molecule has 0 aliphatic heterocycles. The summed E-state index contributed by atoms with van der Waals surface area (Å²) in [5.74, 6) is -0.304. The molecular weight excluding hydrogens is 508 g/mol. The van der Waals surface area contributed by atoms with Gasteiger partial charge in [-0.3, -0.25) is 19.1 Å². The zero-order valence-electron chi connectivity index (χ0n) is 21.3. The fraction of sp³-hybridized carbons (Fsp3) is 0.100. The maximum absolute atomic E-state index is 14.2. The van der Waals surface area contributed by atoms with Gasteiger partial charge in [-0.05, 0) is 55.1 Å². The molecule has 1 atom stereocenters. The Balaban J connectivity index is 1.47. The zero-order valence-corrected chi connectivity index (χ0v) is 22.1. The lowest BCUT2D eigenvalue weighted by Crippen LogP contribution is -2.32. The number of hydrogen-bond acceptors (Lipinski definition) is 6. The summed E-state index contributed by atoms with van der Waals surface area (Å²) in [7, 11) is 0. The first-order valence-electron chi connectivity index (χ1n) is 12.4. The van der Waals surface area contributed by atoms with Gasteiger partial charge in [0.25, 0.3) is 11.5 Å². The second-order valence-electron chi connectivity index (χ2n) is 9.14. The van der Waals surface area contributed by atoms with Crippen LogP contribution in [-0.2, 0) is 0 Å². The second kappa shape index (κ2) is 10.1. The Morgan fingerprint density at radius 1 is 1.08 bits per heavy atom. The maximum atomic E-state index is 14.2. The Morgan fingerprint density at radius 3 is 2.72 bits per heavy atom. The van der Waals surface area contributed by atoms with E-state index in [2.05, 4.69) is 20.4 Å². The number of thiazole rings is 1. The Morgan fingerprint density at radius 2 is 1.92 bits per heavy atom. The van der Waals surface area contributed by atoms with Gasteiger partial charge < -0.3 is 5.32 Å². The van der Waals surface area contributed by atoms with Crippen LogP contribution in [0.5, 0.6) is 0 Å². The molecule has 9 heteroatoms. The number of benzene rings is 2. The topological polar surface area (TPSA) is 94.2 Å². The largest absolute Gasteiger partial charge is 0.344 e. The molecule has 0 aliphatic carbocycles. The summed E-state index contributed by atoms with van der Waals surface area (Å²) in [4.78, 5) is 37.1. The van der Waals surface area contributed by atoms with Gasteiger partial charge in [-0.25, -0.2) is 9.50 Å². The van der Waals surface area contributed by atoms with Crippen LogP contribution in [-0.4, -0.2) is 30.1 Å². The third-order valence-corrected chi connectivity index (χ3v) is 7.33. The Labute approximate surface area is 227 Å². The lowest BCUT2D eigenvalue weighted by atomic mass is 10.0. The van der Waals surface area contributed by atoms with Crippen molar-refractivity contribution >= 4 is 45.8 Å². The van der Waals surface area contributed by atoms with Crippen LogP contribution in [0.15, 0.2) is 89.6 Å². The summed E-state index contributed by atoms with van der Waals surface area (Å²) in [5, 5.41) is 8.89. The van der Waals surface area contributed by atoms with Crippen molar-refractivity contribution in [2.45, 2.75) is 19.9 Å². The van der Waals surface area contributed by atoms with Crippen molar-refractivity contribution in [3.05, 3.63) is 123 Å². The van der Waals surface area contributed by atoms with Crippen LogP contribution >= 0.6 is 11.3 Å². The van der Waals surface area contributed by atoms with Crippen LogP contribution in [0.1, 0.15) is 45.2 Å². The van der Waals surface area contributed by atoms with E-state index in [0.29, 0.717) is 28.0 Å². The molecule has 1 N–H and O–H groups in total. The number of nitrogens with one attached hydrogen (secondary N) is 1. The Hall–Kier alpha value is -4.89. The van der Waals surface area contributed by atoms with Gasteiger partial charge in [0.05, 0.1) is 22.6 Å². The lowest BCUT2D eigenvalue weighted by molar-refractivity contribution is 0.0939. The van der Waals surface area contributed by atoms with Crippen LogP contribution in [0.25, 0.3) is 34.3 Å². The third-order valence-electron chi connectivity index (χ3n) is 6.59. The standard InChI is InChI=1S/C30H24N6O2S/c1-19(33-29(37)26-20(2)34-35-15-7-14-32-28(26)35)25-16-22-9-6-8-21(12-13-24-17-31-18-39-24)27(22)30(38)36(25)23-10-4-3-5-11-23/h3-19H,1-2H3,(H,33,37)/b13-12+. The fourth-order valence-corrected chi connectivity index (χ4v) is 5.31. The molecule has 6 rings (SSSR count). The molecule has 0 aliphatic rings. The summed E-state index contributed by atoms with van der Waals surface area (Å²) in [5.41, 5.74) is 5.28. The number of fused-ring (bicyclic) bond motifs is 2. The second-order valence-corrected chi connectivity index (χ2v) is 10.1. The van der Waals surface area contributed by atoms with Crippen molar-refractivity contribution < 1.29 is 4.79 Å². The molecule has 1 amide bonds. The minimum Gasteiger partial charge on any atom is -0.344 e. The molecule has 192 valence electrons. The monoisotopic (exact) mass is 532 g/mol. The smallest absolute Gasteiger partial charge is 0.263 e. The number of rotatable bonds is 6. The molecule has 0 spiro atoms. The van der Waals surface area contributed by atoms with Crippen molar-refractivity contribution in [2.75, 3.05) is 0 Å². The zero-order chi connectivity index (χ0) is 26.9. The molecule has 0 radical (unpaired) electrons. The van der Waals surface area contributed by atoms with Crippen LogP contribution in [0.4, 0.5) is 0 Å². The molecular formula is C30H24N6O2S. The van der Waals surface area contributed by atoms with Crippen molar-refractivity contribution in [3.63, 3.8) is 0 Å². The van der Waals surface area contributed by atoms with Gasteiger partial charge in [-0.15, -0.1) is 11.3 Å². The first-order valence-corrected chi connectivity index (χ1v) is 13.3. The van der Waals surface area contributed by atoms with Crippen LogP contribution in [0, 0.1) is 6.92 Å². The van der Waals surface area contributed by atoms with Gasteiger partial charge >= 0.3 is 0 Å². The van der Waals surface area contributed by atoms with Gasteiger partial charge in [-0.1, -0.05) is 42.5 Å². The highest BCUT2D eigenvalue weighted by Crippen LogP contribution is 2.25. The fourth-order valence-electron chi connectivity index (χ4n) is 4.79. The molecule has 1 unspecified atom stereocenters. The number of aryl methyl sites for hydroxylation is 1. The number of carbonyl (C=O) groups is 1. The summed E-state index contributed by atoms with van der Waals surface area (Å²) in [6.07, 6.45) is 9.08. The minimum atomic E-state index is -0.496. The Kier molecular flexibility index (Phi) is 6.34. The quantitative estimate of drug-likeness (QED) is 0.307. The van der Waals surface area contributed by atoms with Gasteiger partial charge in [0.1, 0.15) is 5.56 Å². The van der Waals surface area contributed by atoms with E-state index in [1.54, 1.807) is 46.2 Å². The van der Waals surface area contributed by atoms with Crippen LogP contribution in [0.2, 0.25) is 0 Å². The molecule has 0 fully saturated rings. The van der Waals surface area contributed by atoms with Gasteiger partial charge in [-0.2, -0.15) is 5.10 Å². The molecule has 39 heavy (non-hydrogen) atoms. The number of para-hydroxylation sites is 1. The molecule has 0 saturated heterocycles. The summed E-state index contributed by atoms with van der Waals surface area (Å²) < 4.78 is 3.27.